The summed E-state index contributed by atoms with van der Waals surface area (Å²) in [5.41, 5.74) is 1.49. The molecule has 1 aromatic carbocycles. The second kappa shape index (κ2) is 6.26. The van der Waals surface area contributed by atoms with Crippen LogP contribution in [0.5, 0.6) is 0 Å². The third-order valence-electron chi connectivity index (χ3n) is 4.12. The largest absolute Gasteiger partial charge is 0.368 e. The highest BCUT2D eigenvalue weighted by molar-refractivity contribution is 5.95. The number of anilines is 2. The highest BCUT2D eigenvalue weighted by Gasteiger charge is 2.25. The van der Waals surface area contributed by atoms with Crippen molar-refractivity contribution in [3.8, 4) is 0 Å². The Hall–Kier alpha value is -1.88. The zero-order valence-corrected chi connectivity index (χ0v) is 11.9. The van der Waals surface area contributed by atoms with Crippen LogP contribution in [0.4, 0.5) is 11.4 Å². The first-order chi connectivity index (χ1) is 10.2. The van der Waals surface area contributed by atoms with Crippen molar-refractivity contribution in [1.29, 1.82) is 0 Å². The van der Waals surface area contributed by atoms with Crippen LogP contribution in [0, 0.1) is 5.92 Å². The standard InChI is InChI=1S/C16H20N2O3/c19-15(11-3-1-4-11)17-12-6-8-13(9-7-12)18-16(20)14-5-2-10-21-14/h6-9,11,14H,1-5,10H2,(H,17,19)(H,18,20). The zero-order chi connectivity index (χ0) is 14.7. The van der Waals surface area contributed by atoms with E-state index < -0.39 is 0 Å². The molecule has 5 heteroatoms. The van der Waals surface area contributed by atoms with Crippen LogP contribution in [-0.2, 0) is 14.3 Å². The maximum absolute atomic E-state index is 11.9. The minimum absolute atomic E-state index is 0.0948. The molecule has 0 radical (unpaired) electrons. The molecule has 1 atom stereocenters. The van der Waals surface area contributed by atoms with E-state index in [0.717, 1.165) is 43.5 Å². The Balaban J connectivity index is 1.53. The monoisotopic (exact) mass is 288 g/mol. The van der Waals surface area contributed by atoms with Crippen molar-refractivity contribution >= 4 is 23.2 Å². The number of rotatable bonds is 4. The molecule has 0 bridgehead atoms. The third-order valence-corrected chi connectivity index (χ3v) is 4.12. The van der Waals surface area contributed by atoms with Crippen LogP contribution in [0.25, 0.3) is 0 Å². The molecule has 1 aliphatic heterocycles. The normalized spacial score (nSPS) is 21.6. The van der Waals surface area contributed by atoms with E-state index in [1.807, 2.05) is 12.1 Å². The first-order valence-corrected chi connectivity index (χ1v) is 7.56. The van der Waals surface area contributed by atoms with E-state index in [2.05, 4.69) is 10.6 Å². The molecule has 3 rings (SSSR count). The van der Waals surface area contributed by atoms with Crippen molar-refractivity contribution < 1.29 is 14.3 Å². The summed E-state index contributed by atoms with van der Waals surface area (Å²) in [4.78, 5) is 23.7. The van der Waals surface area contributed by atoms with Gasteiger partial charge in [0.15, 0.2) is 0 Å². The zero-order valence-electron chi connectivity index (χ0n) is 11.9. The van der Waals surface area contributed by atoms with E-state index >= 15 is 0 Å². The lowest BCUT2D eigenvalue weighted by molar-refractivity contribution is -0.124. The van der Waals surface area contributed by atoms with E-state index in [1.165, 1.54) is 0 Å². The van der Waals surface area contributed by atoms with Gasteiger partial charge in [-0.3, -0.25) is 9.59 Å². The number of ether oxygens (including phenoxy) is 1. The van der Waals surface area contributed by atoms with Crippen molar-refractivity contribution in [3.05, 3.63) is 24.3 Å². The Labute approximate surface area is 124 Å². The van der Waals surface area contributed by atoms with Crippen molar-refractivity contribution in [2.45, 2.75) is 38.2 Å². The quantitative estimate of drug-likeness (QED) is 0.894. The van der Waals surface area contributed by atoms with Gasteiger partial charge in [0.05, 0.1) is 0 Å². The molecule has 2 amide bonds. The van der Waals surface area contributed by atoms with Crippen LogP contribution in [0.15, 0.2) is 24.3 Å². The van der Waals surface area contributed by atoms with Gasteiger partial charge in [0.1, 0.15) is 6.10 Å². The molecule has 2 aliphatic rings. The Morgan fingerprint density at radius 1 is 0.905 bits per heavy atom. The summed E-state index contributed by atoms with van der Waals surface area (Å²) < 4.78 is 5.34. The van der Waals surface area contributed by atoms with E-state index in [0.29, 0.717) is 6.61 Å². The minimum Gasteiger partial charge on any atom is -0.368 e. The molecule has 0 aromatic heterocycles. The molecule has 1 unspecified atom stereocenters. The van der Waals surface area contributed by atoms with Gasteiger partial charge in [-0.2, -0.15) is 0 Å². The summed E-state index contributed by atoms with van der Waals surface area (Å²) in [7, 11) is 0. The number of hydrogen-bond acceptors (Lipinski definition) is 3. The Morgan fingerprint density at radius 2 is 1.52 bits per heavy atom. The van der Waals surface area contributed by atoms with Gasteiger partial charge < -0.3 is 15.4 Å². The number of carbonyl (C=O) groups excluding carboxylic acids is 2. The van der Waals surface area contributed by atoms with Crippen molar-refractivity contribution in [2.75, 3.05) is 17.2 Å². The van der Waals surface area contributed by atoms with Crippen molar-refractivity contribution in [2.24, 2.45) is 5.92 Å². The van der Waals surface area contributed by atoms with Crippen molar-refractivity contribution in [3.63, 3.8) is 0 Å². The maximum Gasteiger partial charge on any atom is 0.253 e. The van der Waals surface area contributed by atoms with Gasteiger partial charge in [-0.15, -0.1) is 0 Å². The Bertz CT molecular complexity index is 517. The van der Waals surface area contributed by atoms with Gasteiger partial charge in [-0.1, -0.05) is 6.42 Å². The first kappa shape index (κ1) is 14.1. The fourth-order valence-corrected chi connectivity index (χ4v) is 2.56. The van der Waals surface area contributed by atoms with E-state index in [9.17, 15) is 9.59 Å². The Morgan fingerprint density at radius 3 is 2.00 bits per heavy atom. The van der Waals surface area contributed by atoms with Crippen molar-refractivity contribution in [1.82, 2.24) is 0 Å². The number of hydrogen-bond donors (Lipinski definition) is 2. The van der Waals surface area contributed by atoms with Crippen LogP contribution >= 0.6 is 0 Å². The van der Waals surface area contributed by atoms with Gasteiger partial charge in [-0.25, -0.2) is 0 Å². The molecular formula is C16H20N2O3. The highest BCUT2D eigenvalue weighted by atomic mass is 16.5. The van der Waals surface area contributed by atoms with Crippen LogP contribution in [0.2, 0.25) is 0 Å². The topological polar surface area (TPSA) is 67.4 Å². The average molecular weight is 288 g/mol. The molecule has 112 valence electrons. The molecule has 2 N–H and O–H groups in total. The molecule has 2 fully saturated rings. The van der Waals surface area contributed by atoms with Crippen LogP contribution in [0.3, 0.4) is 0 Å². The van der Waals surface area contributed by atoms with Gasteiger partial charge >= 0.3 is 0 Å². The number of carbonyl (C=O) groups is 2. The maximum atomic E-state index is 11.9. The molecule has 5 nitrogen and oxygen atoms in total. The summed E-state index contributed by atoms with van der Waals surface area (Å²) in [6, 6.07) is 7.20. The molecule has 1 saturated heterocycles. The van der Waals surface area contributed by atoms with E-state index in [1.54, 1.807) is 12.1 Å². The minimum atomic E-state index is -0.331. The molecule has 1 saturated carbocycles. The Kier molecular flexibility index (Phi) is 4.20. The lowest BCUT2D eigenvalue weighted by atomic mass is 9.85. The van der Waals surface area contributed by atoms with Gasteiger partial charge in [-0.05, 0) is 49.9 Å². The van der Waals surface area contributed by atoms with Crippen LogP contribution < -0.4 is 10.6 Å². The summed E-state index contributed by atoms with van der Waals surface area (Å²) in [6.45, 7) is 0.657. The summed E-state index contributed by atoms with van der Waals surface area (Å²) in [5, 5.41) is 5.74. The van der Waals surface area contributed by atoms with Gasteiger partial charge in [0, 0.05) is 23.9 Å². The van der Waals surface area contributed by atoms with Gasteiger partial charge in [0.2, 0.25) is 5.91 Å². The smallest absolute Gasteiger partial charge is 0.253 e. The molecular weight excluding hydrogens is 268 g/mol. The highest BCUT2D eigenvalue weighted by Crippen LogP contribution is 2.27. The SMILES string of the molecule is O=C(Nc1ccc(NC(=O)C2CCCO2)cc1)C1CCC1. The fourth-order valence-electron chi connectivity index (χ4n) is 2.56. The van der Waals surface area contributed by atoms with Gasteiger partial charge in [0.25, 0.3) is 5.91 Å². The second-order valence-corrected chi connectivity index (χ2v) is 5.69. The molecule has 1 aromatic rings. The average Bonchev–Trinajstić information content (AvgIpc) is 2.93. The lowest BCUT2D eigenvalue weighted by Gasteiger charge is -2.24. The van der Waals surface area contributed by atoms with E-state index in [4.69, 9.17) is 4.74 Å². The summed E-state index contributed by atoms with van der Waals surface area (Å²) in [6.07, 6.45) is 4.50. The molecule has 1 heterocycles. The van der Waals surface area contributed by atoms with Crippen LogP contribution in [0.1, 0.15) is 32.1 Å². The van der Waals surface area contributed by atoms with Crippen LogP contribution in [-0.4, -0.2) is 24.5 Å². The van der Waals surface area contributed by atoms with E-state index in [-0.39, 0.29) is 23.8 Å². The number of benzene rings is 1. The second-order valence-electron chi connectivity index (χ2n) is 5.69. The fraction of sp³-hybridized carbons (Fsp3) is 0.500. The third kappa shape index (κ3) is 3.42. The predicted molar refractivity (Wildman–Crippen MR) is 80.0 cm³/mol. The number of nitrogens with one attached hydrogen (secondary N) is 2. The molecule has 0 spiro atoms. The molecule has 1 aliphatic carbocycles. The predicted octanol–water partition coefficient (Wildman–Crippen LogP) is 2.54. The number of amides is 2. The summed E-state index contributed by atoms with van der Waals surface area (Å²) >= 11 is 0. The lowest BCUT2D eigenvalue weighted by Crippen LogP contribution is -2.28. The molecule has 21 heavy (non-hydrogen) atoms. The summed E-state index contributed by atoms with van der Waals surface area (Å²) in [5.74, 6) is 0.167. The first-order valence-electron chi connectivity index (χ1n) is 7.56.